The molecule has 4 aromatic rings. The Morgan fingerprint density at radius 1 is 1.15 bits per heavy atom. The summed E-state index contributed by atoms with van der Waals surface area (Å²) in [6, 6.07) is 14.6. The molecule has 0 aliphatic carbocycles. The number of hydrogen-bond donors (Lipinski definition) is 3. The molecule has 0 bridgehead atoms. The number of aromatic amines is 1. The lowest BCUT2D eigenvalue weighted by Gasteiger charge is -2.27. The van der Waals surface area contributed by atoms with E-state index in [0.717, 1.165) is 16.9 Å². The lowest BCUT2D eigenvalue weighted by Crippen LogP contribution is -2.48. The summed E-state index contributed by atoms with van der Waals surface area (Å²) >= 11 is 6.35. The number of rotatable bonds is 7. The van der Waals surface area contributed by atoms with Crippen molar-refractivity contribution >= 4 is 40.3 Å². The van der Waals surface area contributed by atoms with Gasteiger partial charge in [-0.1, -0.05) is 23.7 Å². The van der Waals surface area contributed by atoms with Crippen molar-refractivity contribution in [3.05, 3.63) is 59.4 Å². The molecule has 1 aliphatic rings. The number of hydrogen-bond acceptors (Lipinski definition) is 8. The molecule has 5 rings (SSSR count). The van der Waals surface area contributed by atoms with Crippen LogP contribution in [0.3, 0.4) is 0 Å². The van der Waals surface area contributed by atoms with E-state index in [2.05, 4.69) is 30.6 Å². The number of piperazine rings is 1. The van der Waals surface area contributed by atoms with Gasteiger partial charge in [-0.15, -0.1) is 0 Å². The molecule has 0 radical (unpaired) electrons. The molecule has 3 heterocycles. The van der Waals surface area contributed by atoms with Crippen LogP contribution in [-0.4, -0.2) is 52.6 Å². The largest absolute Gasteiger partial charge is 0.497 e. The van der Waals surface area contributed by atoms with E-state index in [1.165, 1.54) is 0 Å². The number of imidazole rings is 1. The number of amides is 1. The molecule has 1 fully saturated rings. The number of fused-ring (bicyclic) bond motifs is 1. The third kappa shape index (κ3) is 4.81. The van der Waals surface area contributed by atoms with Crippen LogP contribution in [0.15, 0.2) is 48.5 Å². The van der Waals surface area contributed by atoms with Gasteiger partial charge in [-0.05, 0) is 24.3 Å². The predicted octanol–water partition coefficient (Wildman–Crippen LogP) is 3.36. The average Bonchev–Trinajstić information content (AvgIpc) is 3.27. The van der Waals surface area contributed by atoms with Gasteiger partial charge in [0.15, 0.2) is 0 Å². The van der Waals surface area contributed by atoms with Crippen molar-refractivity contribution in [2.24, 2.45) is 0 Å². The van der Waals surface area contributed by atoms with E-state index < -0.39 is 0 Å². The average molecular weight is 480 g/mol. The molecule has 3 N–H and O–H groups in total. The zero-order valence-electron chi connectivity index (χ0n) is 18.3. The second-order valence-electron chi connectivity index (χ2n) is 7.62. The fraction of sp³-hybridized carbons (Fsp3) is 0.217. The van der Waals surface area contributed by atoms with Crippen LogP contribution in [0.1, 0.15) is 5.82 Å². The molecule has 0 atom stereocenters. The zero-order chi connectivity index (χ0) is 23.5. The molecule has 1 aliphatic heterocycles. The first-order valence-electron chi connectivity index (χ1n) is 10.7. The van der Waals surface area contributed by atoms with Crippen LogP contribution in [0.25, 0.3) is 11.0 Å². The molecular formula is C23H22ClN7O3. The number of anilines is 2. The van der Waals surface area contributed by atoms with E-state index >= 15 is 0 Å². The predicted molar refractivity (Wildman–Crippen MR) is 129 cm³/mol. The van der Waals surface area contributed by atoms with Crippen molar-refractivity contribution in [3.63, 3.8) is 0 Å². The Balaban J connectivity index is 1.42. The molecule has 0 saturated carbocycles. The molecule has 1 saturated heterocycles. The second kappa shape index (κ2) is 9.44. The highest BCUT2D eigenvalue weighted by atomic mass is 35.5. The molecule has 2 aromatic heterocycles. The number of halogens is 1. The van der Waals surface area contributed by atoms with E-state index in [1.807, 2.05) is 24.3 Å². The monoisotopic (exact) mass is 479 g/mol. The Morgan fingerprint density at radius 3 is 2.82 bits per heavy atom. The van der Waals surface area contributed by atoms with Crippen molar-refractivity contribution in [1.29, 1.82) is 0 Å². The first kappa shape index (κ1) is 21.8. The van der Waals surface area contributed by atoms with Gasteiger partial charge in [0.2, 0.25) is 17.7 Å². The number of benzene rings is 2. The Hall–Kier alpha value is -4.05. The summed E-state index contributed by atoms with van der Waals surface area (Å²) in [4.78, 5) is 30.7. The Morgan fingerprint density at radius 2 is 2.03 bits per heavy atom. The quantitative estimate of drug-likeness (QED) is 0.369. The lowest BCUT2D eigenvalue weighted by molar-refractivity contribution is -0.120. The maximum absolute atomic E-state index is 11.9. The maximum Gasteiger partial charge on any atom is 0.239 e. The van der Waals surface area contributed by atoms with Gasteiger partial charge in [-0.3, -0.25) is 4.79 Å². The zero-order valence-corrected chi connectivity index (χ0v) is 19.1. The van der Waals surface area contributed by atoms with Gasteiger partial charge in [0.05, 0.1) is 36.3 Å². The van der Waals surface area contributed by atoms with Gasteiger partial charge in [-0.2, -0.15) is 9.97 Å². The maximum atomic E-state index is 11.9. The summed E-state index contributed by atoms with van der Waals surface area (Å²) < 4.78 is 11.2. The summed E-state index contributed by atoms with van der Waals surface area (Å²) in [5.74, 6) is 2.91. The summed E-state index contributed by atoms with van der Waals surface area (Å²) in [7, 11) is 1.57. The minimum atomic E-state index is -0.0869. The second-order valence-corrected chi connectivity index (χ2v) is 8.02. The van der Waals surface area contributed by atoms with Crippen molar-refractivity contribution in [2.45, 2.75) is 6.54 Å². The topological polar surface area (TPSA) is 117 Å². The molecular weight excluding hydrogens is 458 g/mol. The minimum absolute atomic E-state index is 0.0869. The third-order valence-electron chi connectivity index (χ3n) is 5.24. The Labute approximate surface area is 200 Å². The molecule has 34 heavy (non-hydrogen) atoms. The first-order chi connectivity index (χ1) is 16.6. The summed E-state index contributed by atoms with van der Waals surface area (Å²) in [6.07, 6.45) is 0. The van der Waals surface area contributed by atoms with E-state index in [0.29, 0.717) is 47.9 Å². The van der Waals surface area contributed by atoms with Gasteiger partial charge in [-0.25, -0.2) is 4.98 Å². The third-order valence-corrected chi connectivity index (χ3v) is 5.54. The van der Waals surface area contributed by atoms with Crippen molar-refractivity contribution in [1.82, 2.24) is 25.3 Å². The fourth-order valence-corrected chi connectivity index (χ4v) is 3.78. The molecule has 174 valence electrons. The van der Waals surface area contributed by atoms with Crippen LogP contribution in [-0.2, 0) is 11.3 Å². The van der Waals surface area contributed by atoms with Gasteiger partial charge in [0, 0.05) is 25.2 Å². The van der Waals surface area contributed by atoms with Crippen molar-refractivity contribution in [2.75, 3.05) is 37.0 Å². The standard InChI is InChI=1S/C23H22ClN7O3/c1-33-14-6-7-18(15(24)10-14)34-22-11-19(29-23(30-22)31-9-8-25-21(32)13-31)26-12-20-27-16-4-2-3-5-17(16)28-20/h2-7,10-11H,8-9,12-13H2,1H3,(H,25,32)(H,27,28)(H,26,29,30). The number of methoxy groups -OCH3 is 1. The molecule has 10 nitrogen and oxygen atoms in total. The minimum Gasteiger partial charge on any atom is -0.497 e. The smallest absolute Gasteiger partial charge is 0.239 e. The first-order valence-corrected chi connectivity index (χ1v) is 11.0. The number of aromatic nitrogens is 4. The molecule has 0 spiro atoms. The summed E-state index contributed by atoms with van der Waals surface area (Å²) in [5, 5.41) is 6.45. The van der Waals surface area contributed by atoms with E-state index in [-0.39, 0.29) is 18.3 Å². The van der Waals surface area contributed by atoms with Gasteiger partial charge in [0.1, 0.15) is 23.1 Å². The number of ether oxygens (including phenoxy) is 2. The van der Waals surface area contributed by atoms with Gasteiger partial charge >= 0.3 is 0 Å². The number of H-pyrrole nitrogens is 1. The van der Waals surface area contributed by atoms with E-state index in [9.17, 15) is 4.79 Å². The molecule has 1 amide bonds. The SMILES string of the molecule is COc1ccc(Oc2cc(NCc3nc4ccccc4[nH]3)nc(N3CCNC(=O)C3)n2)c(Cl)c1. The Kier molecular flexibility index (Phi) is 6.05. The summed E-state index contributed by atoms with van der Waals surface area (Å²) in [6.45, 7) is 1.67. The highest BCUT2D eigenvalue weighted by Crippen LogP contribution is 2.33. The highest BCUT2D eigenvalue weighted by Gasteiger charge is 2.21. The number of carbonyl (C=O) groups excluding carboxylic acids is 1. The number of para-hydroxylation sites is 2. The normalized spacial score (nSPS) is 13.6. The fourth-order valence-electron chi connectivity index (χ4n) is 3.57. The summed E-state index contributed by atoms with van der Waals surface area (Å²) in [5.41, 5.74) is 1.85. The van der Waals surface area contributed by atoms with E-state index in [4.69, 9.17) is 21.1 Å². The number of carbonyl (C=O) groups is 1. The van der Waals surface area contributed by atoms with Crippen molar-refractivity contribution in [3.8, 4) is 17.4 Å². The van der Waals surface area contributed by atoms with Crippen LogP contribution in [0.2, 0.25) is 5.02 Å². The van der Waals surface area contributed by atoms with Crippen molar-refractivity contribution < 1.29 is 14.3 Å². The van der Waals surface area contributed by atoms with E-state index in [1.54, 1.807) is 36.3 Å². The van der Waals surface area contributed by atoms with Crippen LogP contribution < -0.4 is 25.0 Å². The van der Waals surface area contributed by atoms with Crippen LogP contribution >= 0.6 is 11.6 Å². The van der Waals surface area contributed by atoms with Crippen LogP contribution in [0.4, 0.5) is 11.8 Å². The van der Waals surface area contributed by atoms with Crippen LogP contribution in [0.5, 0.6) is 17.4 Å². The number of nitrogens with zero attached hydrogens (tertiary/aromatic N) is 4. The number of nitrogens with one attached hydrogen (secondary N) is 3. The Bertz CT molecular complexity index is 1310. The molecule has 0 unspecified atom stereocenters. The highest BCUT2D eigenvalue weighted by molar-refractivity contribution is 6.32. The van der Waals surface area contributed by atoms with Crippen LogP contribution in [0, 0.1) is 0 Å². The van der Waals surface area contributed by atoms with Gasteiger partial charge < -0.3 is 30.0 Å². The van der Waals surface area contributed by atoms with Gasteiger partial charge in [0.25, 0.3) is 0 Å². The molecule has 11 heteroatoms. The molecule has 2 aromatic carbocycles. The lowest BCUT2D eigenvalue weighted by atomic mass is 10.3.